The predicted octanol–water partition coefficient (Wildman–Crippen LogP) is 2.69. The van der Waals surface area contributed by atoms with E-state index in [0.717, 1.165) is 0 Å². The Labute approximate surface area is 113 Å². The van der Waals surface area contributed by atoms with E-state index in [0.29, 0.717) is 24.1 Å². The second-order valence-corrected chi connectivity index (χ2v) is 5.52. The molecule has 1 fully saturated rings. The van der Waals surface area contributed by atoms with Gasteiger partial charge in [-0.25, -0.2) is 0 Å². The van der Waals surface area contributed by atoms with E-state index in [9.17, 15) is 0 Å². The van der Waals surface area contributed by atoms with Crippen LogP contribution in [0.15, 0.2) is 22.7 Å². The summed E-state index contributed by atoms with van der Waals surface area (Å²) in [5.41, 5.74) is 9.80. The van der Waals surface area contributed by atoms with Crippen molar-refractivity contribution in [1.29, 1.82) is 0 Å². The zero-order valence-electron chi connectivity index (χ0n) is 11.4. The number of rotatable bonds is 4. The Balaban J connectivity index is 1.77. The van der Waals surface area contributed by atoms with Gasteiger partial charge in [-0.05, 0) is 43.7 Å². The minimum atomic E-state index is -0.0592. The fourth-order valence-electron chi connectivity index (χ4n) is 2.30. The van der Waals surface area contributed by atoms with Gasteiger partial charge >= 0.3 is 0 Å². The van der Waals surface area contributed by atoms with E-state index in [1.807, 2.05) is 0 Å². The van der Waals surface area contributed by atoms with Gasteiger partial charge < -0.3 is 10.3 Å². The Kier molecular flexibility index (Phi) is 3.11. The van der Waals surface area contributed by atoms with Crippen molar-refractivity contribution in [3.63, 3.8) is 0 Å². The lowest BCUT2D eigenvalue weighted by Gasteiger charge is -2.04. The number of hydrogen-bond donors (Lipinski definition) is 1. The highest BCUT2D eigenvalue weighted by Gasteiger charge is 2.32. The minimum Gasteiger partial charge on any atom is -0.339 e. The van der Waals surface area contributed by atoms with Crippen LogP contribution in [0.2, 0.25) is 0 Å². The summed E-state index contributed by atoms with van der Waals surface area (Å²) in [6.45, 7) is 4.19. The molecule has 1 aromatic carbocycles. The Hall–Kier alpha value is -1.68. The third-order valence-corrected chi connectivity index (χ3v) is 3.76. The summed E-state index contributed by atoms with van der Waals surface area (Å²) in [5, 5.41) is 4.01. The molecule has 1 atom stereocenters. The maximum absolute atomic E-state index is 6.08. The van der Waals surface area contributed by atoms with Crippen molar-refractivity contribution in [1.82, 2.24) is 10.1 Å². The Morgan fingerprint density at radius 2 is 2.16 bits per heavy atom. The number of nitrogens with two attached hydrogens (primary N) is 1. The van der Waals surface area contributed by atoms with Gasteiger partial charge in [0, 0.05) is 0 Å². The van der Waals surface area contributed by atoms with Crippen molar-refractivity contribution < 1.29 is 4.52 Å². The maximum atomic E-state index is 6.08. The zero-order valence-corrected chi connectivity index (χ0v) is 11.4. The predicted molar refractivity (Wildman–Crippen MR) is 72.7 cm³/mol. The van der Waals surface area contributed by atoms with Crippen LogP contribution in [0.4, 0.5) is 0 Å². The summed E-state index contributed by atoms with van der Waals surface area (Å²) in [5.74, 6) is 1.86. The molecule has 0 aliphatic heterocycles. The molecule has 0 bridgehead atoms. The van der Waals surface area contributed by atoms with Crippen LogP contribution < -0.4 is 5.73 Å². The van der Waals surface area contributed by atoms with Gasteiger partial charge in [0.1, 0.15) is 0 Å². The van der Waals surface area contributed by atoms with Gasteiger partial charge in [0.15, 0.2) is 5.82 Å². The minimum absolute atomic E-state index is 0.0592. The van der Waals surface area contributed by atoms with Crippen molar-refractivity contribution in [2.45, 2.75) is 39.2 Å². The summed E-state index contributed by atoms with van der Waals surface area (Å²) >= 11 is 0. The van der Waals surface area contributed by atoms with Crippen molar-refractivity contribution in [3.8, 4) is 0 Å². The van der Waals surface area contributed by atoms with Crippen LogP contribution in [0.1, 0.15) is 47.3 Å². The van der Waals surface area contributed by atoms with E-state index >= 15 is 0 Å². The second-order valence-electron chi connectivity index (χ2n) is 5.52. The smallest absolute Gasteiger partial charge is 0.231 e. The molecule has 100 valence electrons. The van der Waals surface area contributed by atoms with E-state index in [2.05, 4.69) is 42.2 Å². The number of nitrogens with zero attached hydrogens (tertiary/aromatic N) is 2. The molecule has 0 saturated heterocycles. The highest BCUT2D eigenvalue weighted by molar-refractivity contribution is 5.32. The number of aryl methyl sites for hydroxylation is 2. The number of aromatic nitrogens is 2. The third kappa shape index (κ3) is 2.68. The monoisotopic (exact) mass is 257 g/mol. The fraction of sp³-hybridized carbons (Fsp3) is 0.467. The van der Waals surface area contributed by atoms with E-state index in [-0.39, 0.29) is 6.04 Å². The molecule has 2 N–H and O–H groups in total. The largest absolute Gasteiger partial charge is 0.339 e. The highest BCUT2D eigenvalue weighted by atomic mass is 16.5. The molecule has 3 rings (SSSR count). The van der Waals surface area contributed by atoms with Gasteiger partial charge in [0.05, 0.1) is 12.5 Å². The van der Waals surface area contributed by atoms with Crippen molar-refractivity contribution >= 4 is 0 Å². The fourth-order valence-corrected chi connectivity index (χ4v) is 2.30. The van der Waals surface area contributed by atoms with Crippen molar-refractivity contribution in [2.75, 3.05) is 0 Å². The summed E-state index contributed by atoms with van der Waals surface area (Å²) < 4.78 is 5.32. The molecule has 4 heteroatoms. The average Bonchev–Trinajstić information content (AvgIpc) is 3.13. The first-order valence-corrected chi connectivity index (χ1v) is 6.77. The Morgan fingerprint density at radius 1 is 1.37 bits per heavy atom. The molecule has 1 aliphatic carbocycles. The van der Waals surface area contributed by atoms with Crippen LogP contribution in [0.25, 0.3) is 0 Å². The first-order chi connectivity index (χ1) is 9.13. The molecular formula is C15H19N3O. The first-order valence-electron chi connectivity index (χ1n) is 6.77. The summed E-state index contributed by atoms with van der Waals surface area (Å²) in [6.07, 6.45) is 3.04. The first kappa shape index (κ1) is 12.4. The van der Waals surface area contributed by atoms with E-state index < -0.39 is 0 Å². The van der Waals surface area contributed by atoms with Gasteiger partial charge in [-0.15, -0.1) is 0 Å². The normalized spacial score (nSPS) is 16.6. The summed E-state index contributed by atoms with van der Waals surface area (Å²) in [4.78, 5) is 4.43. The van der Waals surface area contributed by atoms with Crippen LogP contribution in [0, 0.1) is 19.8 Å². The Morgan fingerprint density at radius 3 is 2.89 bits per heavy atom. The molecular weight excluding hydrogens is 238 g/mol. The van der Waals surface area contributed by atoms with Gasteiger partial charge in [0.25, 0.3) is 0 Å². The number of hydrogen-bond acceptors (Lipinski definition) is 4. The molecule has 0 amide bonds. The van der Waals surface area contributed by atoms with Gasteiger partial charge in [-0.3, -0.25) is 0 Å². The highest BCUT2D eigenvalue weighted by Crippen LogP contribution is 2.38. The van der Waals surface area contributed by atoms with Crippen LogP contribution in [0.5, 0.6) is 0 Å². The molecule has 19 heavy (non-hydrogen) atoms. The third-order valence-electron chi connectivity index (χ3n) is 3.76. The van der Waals surface area contributed by atoms with E-state index in [1.165, 1.54) is 29.5 Å². The molecule has 1 aliphatic rings. The van der Waals surface area contributed by atoms with Gasteiger partial charge in [-0.2, -0.15) is 4.98 Å². The van der Waals surface area contributed by atoms with Crippen molar-refractivity contribution in [2.24, 2.45) is 11.7 Å². The average molecular weight is 257 g/mol. The second kappa shape index (κ2) is 4.78. The lowest BCUT2D eigenvalue weighted by molar-refractivity contribution is 0.373. The topological polar surface area (TPSA) is 64.9 Å². The van der Waals surface area contributed by atoms with E-state index in [1.54, 1.807) is 0 Å². The molecule has 1 unspecified atom stereocenters. The molecule has 2 aromatic rings. The van der Waals surface area contributed by atoms with Crippen LogP contribution in [-0.4, -0.2) is 10.1 Å². The summed E-state index contributed by atoms with van der Waals surface area (Å²) in [7, 11) is 0. The molecule has 1 heterocycles. The van der Waals surface area contributed by atoms with Gasteiger partial charge in [0.2, 0.25) is 5.89 Å². The molecule has 0 radical (unpaired) electrons. The molecule has 1 saturated carbocycles. The molecule has 1 aromatic heterocycles. The standard InChI is InChI=1S/C15H19N3O/c1-9-3-4-10(2)12(7-9)8-13-17-15(18-19-13)14(16)11-5-6-11/h3-4,7,11,14H,5-6,8,16H2,1-2H3. The lowest BCUT2D eigenvalue weighted by atomic mass is 10.0. The molecule has 0 spiro atoms. The molecule has 4 nitrogen and oxygen atoms in total. The Bertz CT molecular complexity index is 587. The van der Waals surface area contributed by atoms with Gasteiger partial charge in [-0.1, -0.05) is 28.9 Å². The van der Waals surface area contributed by atoms with Crippen LogP contribution in [-0.2, 0) is 6.42 Å². The van der Waals surface area contributed by atoms with E-state index in [4.69, 9.17) is 10.3 Å². The quantitative estimate of drug-likeness (QED) is 0.914. The summed E-state index contributed by atoms with van der Waals surface area (Å²) in [6, 6.07) is 6.34. The maximum Gasteiger partial charge on any atom is 0.231 e. The lowest BCUT2D eigenvalue weighted by Crippen LogP contribution is -2.14. The SMILES string of the molecule is Cc1ccc(C)c(Cc2nc(C(N)C3CC3)no2)c1. The zero-order chi connectivity index (χ0) is 13.4. The van der Waals surface area contributed by atoms with Crippen LogP contribution >= 0.6 is 0 Å². The van der Waals surface area contributed by atoms with Crippen molar-refractivity contribution in [3.05, 3.63) is 46.6 Å². The van der Waals surface area contributed by atoms with Crippen LogP contribution in [0.3, 0.4) is 0 Å². The number of benzene rings is 1.